The van der Waals surface area contributed by atoms with Crippen LogP contribution in [0.2, 0.25) is 0 Å². The van der Waals surface area contributed by atoms with Gasteiger partial charge in [0.05, 0.1) is 11.3 Å². The van der Waals surface area contributed by atoms with E-state index in [1.54, 1.807) is 17.0 Å². The number of aryl methyl sites for hydroxylation is 3. The smallest absolute Gasteiger partial charge is 0.338 e. The maximum atomic E-state index is 12.6. The van der Waals surface area contributed by atoms with E-state index >= 15 is 0 Å². The third kappa shape index (κ3) is 3.92. The van der Waals surface area contributed by atoms with Crippen molar-refractivity contribution in [2.75, 3.05) is 18.1 Å². The summed E-state index contributed by atoms with van der Waals surface area (Å²) in [6.07, 6.45) is 1.87. The number of ether oxygens (including phenoxy) is 1. The fourth-order valence-electron chi connectivity index (χ4n) is 3.53. The number of hydrogen-bond donors (Lipinski definition) is 1. The quantitative estimate of drug-likeness (QED) is 0.688. The molecule has 0 spiro atoms. The zero-order valence-electron chi connectivity index (χ0n) is 16.6. The number of benzene rings is 2. The fraction of sp³-hybridized carbons (Fsp3) is 0.261. The summed E-state index contributed by atoms with van der Waals surface area (Å²) in [7, 11) is 0. The summed E-state index contributed by atoms with van der Waals surface area (Å²) in [5.41, 5.74) is 5.31. The lowest BCUT2D eigenvalue weighted by molar-refractivity contribution is -0.121. The minimum absolute atomic E-state index is 0.205. The molecule has 0 atom stereocenters. The maximum absolute atomic E-state index is 12.6. The number of esters is 1. The first kappa shape index (κ1) is 18.9. The Morgan fingerprint density at radius 3 is 2.59 bits per heavy atom. The van der Waals surface area contributed by atoms with Crippen molar-refractivity contribution in [3.8, 4) is 11.4 Å². The number of hydrogen-bond acceptors (Lipinski definition) is 4. The number of fused-ring (bicyclic) bond motifs is 1. The second-order valence-corrected chi connectivity index (χ2v) is 7.23. The molecule has 0 bridgehead atoms. The van der Waals surface area contributed by atoms with Gasteiger partial charge in [0.15, 0.2) is 6.61 Å². The lowest BCUT2D eigenvalue weighted by Crippen LogP contribution is -2.38. The van der Waals surface area contributed by atoms with Gasteiger partial charge in [-0.1, -0.05) is 30.3 Å². The van der Waals surface area contributed by atoms with Crippen molar-refractivity contribution < 1.29 is 14.3 Å². The van der Waals surface area contributed by atoms with Crippen LogP contribution in [-0.2, 0) is 16.0 Å². The minimum atomic E-state index is -0.512. The second kappa shape index (κ2) is 7.91. The monoisotopic (exact) mass is 389 g/mol. The zero-order chi connectivity index (χ0) is 20.4. The van der Waals surface area contributed by atoms with E-state index < -0.39 is 5.97 Å². The van der Waals surface area contributed by atoms with Gasteiger partial charge in [0, 0.05) is 23.5 Å². The van der Waals surface area contributed by atoms with Crippen LogP contribution in [0.4, 0.5) is 5.69 Å². The molecular formula is C23H23N3O3. The zero-order valence-corrected chi connectivity index (χ0v) is 16.6. The lowest BCUT2D eigenvalue weighted by Gasteiger charge is -2.29. The minimum Gasteiger partial charge on any atom is -0.452 e. The van der Waals surface area contributed by atoms with E-state index in [-0.39, 0.29) is 12.5 Å². The van der Waals surface area contributed by atoms with Crippen molar-refractivity contribution in [1.82, 2.24) is 9.97 Å². The van der Waals surface area contributed by atoms with E-state index in [9.17, 15) is 9.59 Å². The largest absolute Gasteiger partial charge is 0.452 e. The Labute approximate surface area is 169 Å². The Morgan fingerprint density at radius 2 is 1.86 bits per heavy atom. The number of amides is 1. The number of carbonyl (C=O) groups is 2. The Balaban J connectivity index is 1.39. The number of rotatable bonds is 4. The van der Waals surface area contributed by atoms with Gasteiger partial charge in [0.2, 0.25) is 0 Å². The summed E-state index contributed by atoms with van der Waals surface area (Å²) in [6.45, 7) is 4.28. The van der Waals surface area contributed by atoms with Crippen molar-refractivity contribution in [1.29, 1.82) is 0 Å². The average Bonchev–Trinajstić information content (AvgIpc) is 3.09. The summed E-state index contributed by atoms with van der Waals surface area (Å²) in [5, 5.41) is 0. The maximum Gasteiger partial charge on any atom is 0.338 e. The van der Waals surface area contributed by atoms with E-state index in [0.717, 1.165) is 46.9 Å². The van der Waals surface area contributed by atoms with Crippen LogP contribution in [0.5, 0.6) is 0 Å². The molecule has 2 aromatic carbocycles. The molecule has 0 unspecified atom stereocenters. The first-order chi connectivity index (χ1) is 14.0. The normalized spacial score (nSPS) is 13.1. The number of aromatic amines is 1. The Bertz CT molecular complexity index is 1030. The molecule has 0 saturated heterocycles. The summed E-state index contributed by atoms with van der Waals surface area (Å²) >= 11 is 0. The van der Waals surface area contributed by atoms with Crippen LogP contribution in [0, 0.1) is 13.8 Å². The van der Waals surface area contributed by atoms with Crippen molar-refractivity contribution in [2.45, 2.75) is 26.7 Å². The van der Waals surface area contributed by atoms with Crippen LogP contribution in [-0.4, -0.2) is 35.0 Å². The Morgan fingerprint density at radius 1 is 1.10 bits per heavy atom. The first-order valence-corrected chi connectivity index (χ1v) is 9.72. The van der Waals surface area contributed by atoms with Crippen LogP contribution in [0.1, 0.15) is 33.7 Å². The van der Waals surface area contributed by atoms with Crippen LogP contribution in [0.15, 0.2) is 48.5 Å². The molecule has 29 heavy (non-hydrogen) atoms. The van der Waals surface area contributed by atoms with E-state index in [1.807, 2.05) is 50.2 Å². The van der Waals surface area contributed by atoms with Crippen LogP contribution >= 0.6 is 0 Å². The first-order valence-electron chi connectivity index (χ1n) is 9.72. The number of para-hydroxylation sites is 1. The number of nitrogens with one attached hydrogen (secondary N) is 1. The van der Waals surface area contributed by atoms with Crippen LogP contribution in [0.25, 0.3) is 11.4 Å². The summed E-state index contributed by atoms with van der Waals surface area (Å²) < 4.78 is 5.27. The van der Waals surface area contributed by atoms with E-state index in [2.05, 4.69) is 9.97 Å². The third-order valence-electron chi connectivity index (χ3n) is 5.26. The highest BCUT2D eigenvalue weighted by Gasteiger charge is 2.23. The summed E-state index contributed by atoms with van der Waals surface area (Å²) in [5.74, 6) is 0.0458. The molecule has 3 aromatic rings. The van der Waals surface area contributed by atoms with Crippen molar-refractivity contribution in [2.24, 2.45) is 0 Å². The molecule has 1 aromatic heterocycles. The molecule has 6 heteroatoms. The van der Waals surface area contributed by atoms with Crippen molar-refractivity contribution in [3.63, 3.8) is 0 Å². The van der Waals surface area contributed by atoms with Crippen LogP contribution < -0.4 is 4.90 Å². The molecule has 0 fully saturated rings. The number of anilines is 1. The molecule has 0 aliphatic carbocycles. The molecule has 0 radical (unpaired) electrons. The van der Waals surface area contributed by atoms with Crippen molar-refractivity contribution >= 4 is 17.6 Å². The molecule has 148 valence electrons. The number of aromatic nitrogens is 2. The van der Waals surface area contributed by atoms with Gasteiger partial charge in [-0.25, -0.2) is 9.78 Å². The van der Waals surface area contributed by atoms with Gasteiger partial charge < -0.3 is 14.6 Å². The van der Waals surface area contributed by atoms with Crippen molar-refractivity contribution in [3.05, 3.63) is 71.0 Å². The molecule has 0 saturated carbocycles. The number of nitrogens with zero attached hydrogens (tertiary/aromatic N) is 2. The second-order valence-electron chi connectivity index (χ2n) is 7.23. The SMILES string of the molecule is Cc1nc(-c2ccc(C(=O)OCC(=O)N3CCCc4ccccc43)cc2)[nH]c1C. The van der Waals surface area contributed by atoms with Gasteiger partial charge in [-0.05, 0) is 50.5 Å². The standard InChI is InChI=1S/C23H23N3O3/c1-15-16(2)25-22(24-15)18-9-11-19(12-10-18)23(28)29-14-21(27)26-13-5-7-17-6-3-4-8-20(17)26/h3-4,6,8-12H,5,7,13-14H2,1-2H3,(H,24,25). The van der Waals surface area contributed by atoms with E-state index in [0.29, 0.717) is 12.1 Å². The highest BCUT2D eigenvalue weighted by atomic mass is 16.5. The topological polar surface area (TPSA) is 75.3 Å². The molecule has 1 N–H and O–H groups in total. The summed E-state index contributed by atoms with van der Waals surface area (Å²) in [6, 6.07) is 14.9. The highest BCUT2D eigenvalue weighted by molar-refractivity contribution is 5.98. The summed E-state index contributed by atoms with van der Waals surface area (Å²) in [4.78, 5) is 34.4. The number of carbonyl (C=O) groups excluding carboxylic acids is 2. The number of imidazole rings is 1. The van der Waals surface area contributed by atoms with Gasteiger partial charge in [-0.2, -0.15) is 0 Å². The third-order valence-corrected chi connectivity index (χ3v) is 5.26. The number of H-pyrrole nitrogens is 1. The highest BCUT2D eigenvalue weighted by Crippen LogP contribution is 2.26. The predicted octanol–water partition coefficient (Wildman–Crippen LogP) is 3.83. The average molecular weight is 389 g/mol. The Kier molecular flexibility index (Phi) is 5.16. The van der Waals surface area contributed by atoms with Crippen LogP contribution in [0.3, 0.4) is 0 Å². The fourth-order valence-corrected chi connectivity index (χ4v) is 3.53. The Hall–Kier alpha value is -3.41. The molecule has 2 heterocycles. The van der Waals surface area contributed by atoms with Gasteiger partial charge in [0.1, 0.15) is 5.82 Å². The van der Waals surface area contributed by atoms with Gasteiger partial charge >= 0.3 is 5.97 Å². The molecule has 4 rings (SSSR count). The van der Waals surface area contributed by atoms with Gasteiger partial charge in [-0.3, -0.25) is 4.79 Å². The van der Waals surface area contributed by atoms with Gasteiger partial charge in [0.25, 0.3) is 5.91 Å². The molecule has 1 aliphatic heterocycles. The van der Waals surface area contributed by atoms with E-state index in [1.165, 1.54) is 0 Å². The molecule has 6 nitrogen and oxygen atoms in total. The van der Waals surface area contributed by atoms with E-state index in [4.69, 9.17) is 4.74 Å². The molecular weight excluding hydrogens is 366 g/mol. The molecule has 1 aliphatic rings. The lowest BCUT2D eigenvalue weighted by atomic mass is 10.0. The molecule has 1 amide bonds. The predicted molar refractivity (Wildman–Crippen MR) is 111 cm³/mol. The van der Waals surface area contributed by atoms with Gasteiger partial charge in [-0.15, -0.1) is 0 Å².